The molecule has 0 aliphatic carbocycles. The molecule has 0 aromatic heterocycles. The Morgan fingerprint density at radius 3 is 2.45 bits per heavy atom. The number of carbonyl (C=O) groups excluding carboxylic acids is 1. The summed E-state index contributed by atoms with van der Waals surface area (Å²) >= 11 is 0. The van der Waals surface area contributed by atoms with Crippen molar-refractivity contribution in [1.82, 2.24) is 9.80 Å². The molecule has 1 aromatic carbocycles. The van der Waals surface area contributed by atoms with Gasteiger partial charge in [-0.1, -0.05) is 12.1 Å². The Balaban J connectivity index is 1.89. The van der Waals surface area contributed by atoms with Crippen LogP contribution in [0.3, 0.4) is 0 Å². The first-order valence-corrected chi connectivity index (χ1v) is 6.83. The average molecular weight is 278 g/mol. The van der Waals surface area contributed by atoms with Crippen molar-refractivity contribution in [2.24, 2.45) is 0 Å². The predicted molar refractivity (Wildman–Crippen MR) is 77.0 cm³/mol. The Morgan fingerprint density at radius 1 is 1.20 bits per heavy atom. The van der Waals surface area contributed by atoms with E-state index in [-0.39, 0.29) is 6.09 Å². The van der Waals surface area contributed by atoms with Crippen LogP contribution in [0.2, 0.25) is 0 Å². The third-order valence-corrected chi connectivity index (χ3v) is 3.67. The van der Waals surface area contributed by atoms with Crippen molar-refractivity contribution < 1.29 is 14.3 Å². The van der Waals surface area contributed by atoms with E-state index in [1.807, 2.05) is 6.07 Å². The first-order valence-electron chi connectivity index (χ1n) is 6.83. The quantitative estimate of drug-likeness (QED) is 0.846. The van der Waals surface area contributed by atoms with Gasteiger partial charge in [0.1, 0.15) is 5.75 Å². The van der Waals surface area contributed by atoms with Crippen molar-refractivity contribution in [3.05, 3.63) is 29.3 Å². The van der Waals surface area contributed by atoms with Crippen LogP contribution in [0.15, 0.2) is 18.2 Å². The number of amides is 1. The largest absolute Gasteiger partial charge is 0.496 e. The Labute approximate surface area is 120 Å². The lowest BCUT2D eigenvalue weighted by molar-refractivity contribution is 0.0889. The molecule has 0 unspecified atom stereocenters. The van der Waals surface area contributed by atoms with Gasteiger partial charge in [0.05, 0.1) is 14.2 Å². The minimum atomic E-state index is -0.232. The normalized spacial score (nSPS) is 16.1. The SMILES string of the molecule is COC(=O)N1CCN(Cc2ccc(OC)c(C)c2)CC1. The van der Waals surface area contributed by atoms with E-state index in [9.17, 15) is 4.79 Å². The molecule has 1 fully saturated rings. The van der Waals surface area contributed by atoms with Crippen molar-refractivity contribution >= 4 is 6.09 Å². The lowest BCUT2D eigenvalue weighted by Gasteiger charge is -2.33. The number of benzene rings is 1. The van der Waals surface area contributed by atoms with Gasteiger partial charge in [0, 0.05) is 32.7 Å². The first-order chi connectivity index (χ1) is 9.63. The standard InChI is InChI=1S/C15H22N2O3/c1-12-10-13(4-5-14(12)19-2)11-16-6-8-17(9-7-16)15(18)20-3/h4-5,10H,6-9,11H2,1-3H3. The third-order valence-electron chi connectivity index (χ3n) is 3.67. The highest BCUT2D eigenvalue weighted by Crippen LogP contribution is 2.19. The zero-order valence-corrected chi connectivity index (χ0v) is 12.4. The maximum Gasteiger partial charge on any atom is 0.409 e. The fourth-order valence-corrected chi connectivity index (χ4v) is 2.51. The monoisotopic (exact) mass is 278 g/mol. The minimum Gasteiger partial charge on any atom is -0.496 e. The topological polar surface area (TPSA) is 42.0 Å². The van der Waals surface area contributed by atoms with E-state index in [4.69, 9.17) is 9.47 Å². The highest BCUT2D eigenvalue weighted by molar-refractivity contribution is 5.67. The molecule has 2 rings (SSSR count). The van der Waals surface area contributed by atoms with Crippen LogP contribution < -0.4 is 4.74 Å². The van der Waals surface area contributed by atoms with E-state index in [0.29, 0.717) is 0 Å². The van der Waals surface area contributed by atoms with Crippen molar-refractivity contribution in [1.29, 1.82) is 0 Å². The Hall–Kier alpha value is -1.75. The molecule has 1 aromatic rings. The molecule has 1 aliphatic heterocycles. The molecule has 0 radical (unpaired) electrons. The van der Waals surface area contributed by atoms with Gasteiger partial charge in [0.15, 0.2) is 0 Å². The van der Waals surface area contributed by atoms with Crippen molar-refractivity contribution in [3.63, 3.8) is 0 Å². The molecular formula is C15H22N2O3. The van der Waals surface area contributed by atoms with Crippen LogP contribution in [0.25, 0.3) is 0 Å². The fourth-order valence-electron chi connectivity index (χ4n) is 2.51. The van der Waals surface area contributed by atoms with Crippen LogP contribution in [0, 0.1) is 6.92 Å². The summed E-state index contributed by atoms with van der Waals surface area (Å²) in [6.45, 7) is 6.15. The molecule has 5 heteroatoms. The molecule has 0 saturated carbocycles. The van der Waals surface area contributed by atoms with Crippen LogP contribution in [0.1, 0.15) is 11.1 Å². The smallest absolute Gasteiger partial charge is 0.409 e. The summed E-state index contributed by atoms with van der Waals surface area (Å²) in [5, 5.41) is 0. The molecule has 1 aliphatic rings. The lowest BCUT2D eigenvalue weighted by atomic mass is 10.1. The van der Waals surface area contributed by atoms with Gasteiger partial charge in [0.25, 0.3) is 0 Å². The Bertz CT molecular complexity index is 468. The van der Waals surface area contributed by atoms with E-state index in [2.05, 4.69) is 24.0 Å². The fraction of sp³-hybridized carbons (Fsp3) is 0.533. The third kappa shape index (κ3) is 3.42. The first kappa shape index (κ1) is 14.7. The summed E-state index contributed by atoms with van der Waals surface area (Å²) < 4.78 is 10.0. The lowest BCUT2D eigenvalue weighted by Crippen LogP contribution is -2.48. The maximum absolute atomic E-state index is 11.4. The van der Waals surface area contributed by atoms with Crippen LogP contribution in [-0.2, 0) is 11.3 Å². The summed E-state index contributed by atoms with van der Waals surface area (Å²) in [6.07, 6.45) is -0.232. The number of ether oxygens (including phenoxy) is 2. The average Bonchev–Trinajstić information content (AvgIpc) is 2.47. The molecule has 1 heterocycles. The second-order valence-electron chi connectivity index (χ2n) is 5.04. The van der Waals surface area contributed by atoms with Gasteiger partial charge >= 0.3 is 6.09 Å². The van der Waals surface area contributed by atoms with Gasteiger partial charge in [-0.25, -0.2) is 4.79 Å². The highest BCUT2D eigenvalue weighted by atomic mass is 16.5. The molecule has 1 amide bonds. The molecule has 110 valence electrons. The van der Waals surface area contributed by atoms with Gasteiger partial charge in [-0.2, -0.15) is 0 Å². The Morgan fingerprint density at radius 2 is 1.90 bits per heavy atom. The van der Waals surface area contributed by atoms with Crippen molar-refractivity contribution in [2.75, 3.05) is 40.4 Å². The molecule has 20 heavy (non-hydrogen) atoms. The summed E-state index contributed by atoms with van der Waals surface area (Å²) in [6, 6.07) is 6.26. The molecular weight excluding hydrogens is 256 g/mol. The molecule has 0 spiro atoms. The zero-order chi connectivity index (χ0) is 14.5. The zero-order valence-electron chi connectivity index (χ0n) is 12.4. The number of aryl methyl sites for hydroxylation is 1. The van der Waals surface area contributed by atoms with E-state index in [1.165, 1.54) is 12.7 Å². The molecule has 1 saturated heterocycles. The van der Waals surface area contributed by atoms with Gasteiger partial charge in [0.2, 0.25) is 0 Å². The second-order valence-corrected chi connectivity index (χ2v) is 5.04. The molecule has 0 bridgehead atoms. The molecule has 0 N–H and O–H groups in total. The van der Waals surface area contributed by atoms with E-state index < -0.39 is 0 Å². The number of carbonyl (C=O) groups is 1. The summed E-state index contributed by atoms with van der Waals surface area (Å²) in [4.78, 5) is 15.5. The van der Waals surface area contributed by atoms with Crippen LogP contribution in [0.5, 0.6) is 5.75 Å². The van der Waals surface area contributed by atoms with Crippen LogP contribution in [-0.4, -0.2) is 56.3 Å². The van der Waals surface area contributed by atoms with Gasteiger partial charge < -0.3 is 14.4 Å². The number of methoxy groups -OCH3 is 2. The summed E-state index contributed by atoms with van der Waals surface area (Å²) in [5.41, 5.74) is 2.42. The highest BCUT2D eigenvalue weighted by Gasteiger charge is 2.21. The van der Waals surface area contributed by atoms with Gasteiger partial charge in [-0.05, 0) is 24.1 Å². The molecule has 0 atom stereocenters. The van der Waals surface area contributed by atoms with E-state index >= 15 is 0 Å². The maximum atomic E-state index is 11.4. The number of nitrogens with zero attached hydrogens (tertiary/aromatic N) is 2. The van der Waals surface area contributed by atoms with Gasteiger partial charge in [-0.15, -0.1) is 0 Å². The van der Waals surface area contributed by atoms with Crippen molar-refractivity contribution in [2.45, 2.75) is 13.5 Å². The Kier molecular flexibility index (Phi) is 4.84. The summed E-state index contributed by atoms with van der Waals surface area (Å²) in [5.74, 6) is 0.921. The number of rotatable bonds is 3. The number of hydrogen-bond acceptors (Lipinski definition) is 4. The van der Waals surface area contributed by atoms with Crippen LogP contribution in [0.4, 0.5) is 4.79 Å². The van der Waals surface area contributed by atoms with E-state index in [0.717, 1.165) is 44.0 Å². The molecule has 5 nitrogen and oxygen atoms in total. The predicted octanol–water partition coefficient (Wildman–Crippen LogP) is 1.89. The number of piperazine rings is 1. The second kappa shape index (κ2) is 6.61. The summed E-state index contributed by atoms with van der Waals surface area (Å²) in [7, 11) is 3.11. The van der Waals surface area contributed by atoms with Crippen LogP contribution >= 0.6 is 0 Å². The minimum absolute atomic E-state index is 0.232. The van der Waals surface area contributed by atoms with Crippen molar-refractivity contribution in [3.8, 4) is 5.75 Å². The van der Waals surface area contributed by atoms with Gasteiger partial charge in [-0.3, -0.25) is 4.90 Å². The number of hydrogen-bond donors (Lipinski definition) is 0. The van der Waals surface area contributed by atoms with E-state index in [1.54, 1.807) is 12.0 Å².